The Morgan fingerprint density at radius 2 is 1.90 bits per heavy atom. The summed E-state index contributed by atoms with van der Waals surface area (Å²) in [5.41, 5.74) is -0.114. The molecule has 0 aliphatic rings. The summed E-state index contributed by atoms with van der Waals surface area (Å²) in [7, 11) is 0. The number of thioether (sulfide) groups is 1. The van der Waals surface area contributed by atoms with Crippen molar-refractivity contribution in [2.24, 2.45) is 0 Å². The summed E-state index contributed by atoms with van der Waals surface area (Å²) in [4.78, 5) is 0. The van der Waals surface area contributed by atoms with E-state index in [0.29, 0.717) is 39.6 Å². The van der Waals surface area contributed by atoms with Gasteiger partial charge in [-0.3, -0.25) is 4.57 Å². The van der Waals surface area contributed by atoms with Crippen molar-refractivity contribution in [3.8, 4) is 5.75 Å². The first-order valence-electron chi connectivity index (χ1n) is 8.57. The summed E-state index contributed by atoms with van der Waals surface area (Å²) in [6.45, 7) is 4.38. The molecule has 0 aliphatic heterocycles. The minimum absolute atomic E-state index is 0.187. The Labute approximate surface area is 175 Å². The van der Waals surface area contributed by atoms with Crippen LogP contribution in [0.2, 0.25) is 5.02 Å². The maximum atomic E-state index is 12.9. The normalized spacial score (nSPS) is 11.4. The highest BCUT2D eigenvalue weighted by Gasteiger charge is 2.30. The van der Waals surface area contributed by atoms with Gasteiger partial charge < -0.3 is 4.74 Å². The van der Waals surface area contributed by atoms with E-state index in [1.807, 2.05) is 4.57 Å². The van der Waals surface area contributed by atoms with E-state index >= 15 is 0 Å². The van der Waals surface area contributed by atoms with Crippen LogP contribution in [0.25, 0.3) is 0 Å². The zero-order valence-electron chi connectivity index (χ0n) is 15.2. The highest BCUT2D eigenvalue weighted by atomic mass is 35.5. The van der Waals surface area contributed by atoms with Gasteiger partial charge in [0, 0.05) is 17.3 Å². The Hall–Kier alpha value is -2.45. The summed E-state index contributed by atoms with van der Waals surface area (Å²) < 4.78 is 46.2. The van der Waals surface area contributed by atoms with Crippen molar-refractivity contribution in [2.75, 3.05) is 0 Å². The van der Waals surface area contributed by atoms with Crippen molar-refractivity contribution in [2.45, 2.75) is 30.2 Å². The number of allylic oxidation sites excluding steroid dienone is 1. The first-order valence-corrected chi connectivity index (χ1v) is 9.93. The molecule has 0 radical (unpaired) electrons. The van der Waals surface area contributed by atoms with Gasteiger partial charge in [0.15, 0.2) is 11.0 Å². The summed E-state index contributed by atoms with van der Waals surface area (Å²) in [6, 6.07) is 12.2. The highest BCUT2D eigenvalue weighted by molar-refractivity contribution is 7.98. The first kappa shape index (κ1) is 21.3. The van der Waals surface area contributed by atoms with Crippen LogP contribution in [-0.2, 0) is 25.1 Å². The summed E-state index contributed by atoms with van der Waals surface area (Å²) in [5, 5.41) is 9.49. The van der Waals surface area contributed by atoms with Crippen molar-refractivity contribution in [1.82, 2.24) is 14.8 Å². The average Bonchev–Trinajstić information content (AvgIpc) is 3.07. The van der Waals surface area contributed by atoms with E-state index in [1.54, 1.807) is 36.4 Å². The van der Waals surface area contributed by atoms with Crippen LogP contribution < -0.4 is 4.74 Å². The molecule has 1 heterocycles. The van der Waals surface area contributed by atoms with E-state index in [0.717, 1.165) is 12.1 Å². The second kappa shape index (κ2) is 9.37. The Balaban J connectivity index is 1.69. The van der Waals surface area contributed by atoms with E-state index in [4.69, 9.17) is 16.3 Å². The number of rotatable bonds is 8. The fraction of sp³-hybridized carbons (Fsp3) is 0.200. The van der Waals surface area contributed by atoms with Crippen LogP contribution in [0.5, 0.6) is 5.75 Å². The molecule has 3 aromatic rings. The average molecular weight is 440 g/mol. The zero-order valence-corrected chi connectivity index (χ0v) is 16.8. The lowest BCUT2D eigenvalue weighted by Gasteiger charge is -2.10. The van der Waals surface area contributed by atoms with Crippen LogP contribution in [0, 0.1) is 0 Å². The predicted molar refractivity (Wildman–Crippen MR) is 107 cm³/mol. The maximum Gasteiger partial charge on any atom is 0.416 e. The number of aromatic nitrogens is 3. The van der Waals surface area contributed by atoms with Gasteiger partial charge in [0.2, 0.25) is 0 Å². The Morgan fingerprint density at radius 3 is 2.59 bits per heavy atom. The fourth-order valence-electron chi connectivity index (χ4n) is 2.51. The van der Waals surface area contributed by atoms with E-state index < -0.39 is 11.7 Å². The van der Waals surface area contributed by atoms with Gasteiger partial charge >= 0.3 is 6.18 Å². The molecule has 2 aromatic carbocycles. The molecule has 0 fully saturated rings. The third-order valence-electron chi connectivity index (χ3n) is 3.91. The molecular weight excluding hydrogens is 423 g/mol. The van der Waals surface area contributed by atoms with E-state index in [-0.39, 0.29) is 6.61 Å². The molecule has 1 aromatic heterocycles. The number of hydrogen-bond acceptors (Lipinski definition) is 4. The SMILES string of the molecule is C=CCn1c(COc2ccc(Cl)cc2)nnc1SCc1cccc(C(F)(F)F)c1. The lowest BCUT2D eigenvalue weighted by Crippen LogP contribution is -2.07. The van der Waals surface area contributed by atoms with Crippen LogP contribution in [0.15, 0.2) is 66.3 Å². The predicted octanol–water partition coefficient (Wildman–Crippen LogP) is 6.01. The van der Waals surface area contributed by atoms with Crippen LogP contribution in [-0.4, -0.2) is 14.8 Å². The maximum absolute atomic E-state index is 12.9. The van der Waals surface area contributed by atoms with Crippen molar-refractivity contribution < 1.29 is 17.9 Å². The molecule has 0 aliphatic carbocycles. The van der Waals surface area contributed by atoms with Gasteiger partial charge in [0.1, 0.15) is 12.4 Å². The molecule has 0 saturated heterocycles. The zero-order chi connectivity index (χ0) is 20.9. The first-order chi connectivity index (χ1) is 13.9. The lowest BCUT2D eigenvalue weighted by atomic mass is 10.1. The minimum atomic E-state index is -4.37. The Kier molecular flexibility index (Phi) is 6.87. The number of halogens is 4. The lowest BCUT2D eigenvalue weighted by molar-refractivity contribution is -0.137. The highest BCUT2D eigenvalue weighted by Crippen LogP contribution is 2.31. The van der Waals surface area contributed by atoms with Gasteiger partial charge in [-0.2, -0.15) is 13.2 Å². The van der Waals surface area contributed by atoms with E-state index in [2.05, 4.69) is 16.8 Å². The monoisotopic (exact) mass is 439 g/mol. The van der Waals surface area contributed by atoms with Gasteiger partial charge in [-0.25, -0.2) is 0 Å². The molecule has 152 valence electrons. The van der Waals surface area contributed by atoms with Crippen molar-refractivity contribution in [1.29, 1.82) is 0 Å². The molecule has 0 spiro atoms. The summed E-state index contributed by atoms with van der Waals surface area (Å²) in [6.07, 6.45) is -2.67. The molecule has 0 amide bonds. The van der Waals surface area contributed by atoms with Crippen LogP contribution in [0.1, 0.15) is 17.0 Å². The Bertz CT molecular complexity index is 974. The van der Waals surface area contributed by atoms with Crippen molar-refractivity contribution >= 4 is 23.4 Å². The van der Waals surface area contributed by atoms with Gasteiger partial charge in [0.25, 0.3) is 0 Å². The van der Waals surface area contributed by atoms with Gasteiger partial charge in [-0.05, 0) is 35.9 Å². The van der Waals surface area contributed by atoms with Crippen molar-refractivity contribution in [3.63, 3.8) is 0 Å². The molecule has 0 unspecified atom stereocenters. The van der Waals surface area contributed by atoms with Gasteiger partial charge in [-0.1, -0.05) is 47.6 Å². The largest absolute Gasteiger partial charge is 0.486 e. The molecule has 0 N–H and O–H groups in total. The molecule has 0 bridgehead atoms. The summed E-state index contributed by atoms with van der Waals surface area (Å²) >= 11 is 7.17. The van der Waals surface area contributed by atoms with Crippen LogP contribution in [0.4, 0.5) is 13.2 Å². The molecule has 3 rings (SSSR count). The number of benzene rings is 2. The molecule has 0 atom stereocenters. The van der Waals surface area contributed by atoms with E-state index in [1.165, 1.54) is 17.8 Å². The smallest absolute Gasteiger partial charge is 0.416 e. The number of alkyl halides is 3. The summed E-state index contributed by atoms with van der Waals surface area (Å²) in [5.74, 6) is 1.56. The van der Waals surface area contributed by atoms with E-state index in [9.17, 15) is 13.2 Å². The topological polar surface area (TPSA) is 39.9 Å². The fourth-order valence-corrected chi connectivity index (χ4v) is 3.54. The van der Waals surface area contributed by atoms with Crippen LogP contribution >= 0.6 is 23.4 Å². The van der Waals surface area contributed by atoms with Crippen molar-refractivity contribution in [3.05, 3.63) is 83.2 Å². The molecule has 29 heavy (non-hydrogen) atoms. The standard InChI is InChI=1S/C20H17ClF3N3OS/c1-2-10-27-18(12-28-17-8-6-16(21)7-9-17)25-26-19(27)29-13-14-4-3-5-15(11-14)20(22,23)24/h2-9,11H,1,10,12-13H2. The third-order valence-corrected chi connectivity index (χ3v) is 5.20. The number of hydrogen-bond donors (Lipinski definition) is 0. The van der Waals surface area contributed by atoms with Gasteiger partial charge in [-0.15, -0.1) is 16.8 Å². The molecule has 4 nitrogen and oxygen atoms in total. The molecule has 9 heteroatoms. The molecular formula is C20H17ClF3N3OS. The number of ether oxygens (including phenoxy) is 1. The Morgan fingerprint density at radius 1 is 1.14 bits per heavy atom. The quantitative estimate of drug-likeness (QED) is 0.318. The third kappa shape index (κ3) is 5.77. The van der Waals surface area contributed by atoms with Gasteiger partial charge in [0.05, 0.1) is 5.56 Å². The number of nitrogens with zero attached hydrogens (tertiary/aromatic N) is 3. The molecule has 0 saturated carbocycles. The second-order valence-corrected chi connectivity index (χ2v) is 7.41. The minimum Gasteiger partial charge on any atom is -0.486 e. The van der Waals surface area contributed by atoms with Crippen LogP contribution in [0.3, 0.4) is 0 Å². The second-order valence-electron chi connectivity index (χ2n) is 6.03.